The number of nitrogens with one attached hydrogen (secondary N) is 4. The van der Waals surface area contributed by atoms with Crippen LogP contribution in [0.2, 0.25) is 0 Å². The predicted molar refractivity (Wildman–Crippen MR) is 139 cm³/mol. The van der Waals surface area contributed by atoms with Crippen LogP contribution in [0.5, 0.6) is 0 Å². The summed E-state index contributed by atoms with van der Waals surface area (Å²) in [4.78, 5) is 57.3. The number of imidazole rings is 1. The summed E-state index contributed by atoms with van der Waals surface area (Å²) < 4.78 is 0. The monoisotopic (exact) mass is 527 g/mol. The number of rotatable bonds is 18. The molecule has 0 aliphatic heterocycles. The van der Waals surface area contributed by atoms with Gasteiger partial charge in [0, 0.05) is 18.3 Å². The fraction of sp³-hybridized carbons (Fsp3) is 0.696. The highest BCUT2D eigenvalue weighted by atomic mass is 32.2. The van der Waals surface area contributed by atoms with Gasteiger partial charge in [-0.05, 0) is 50.2 Å². The van der Waals surface area contributed by atoms with E-state index in [0.717, 1.165) is 0 Å². The van der Waals surface area contributed by atoms with Gasteiger partial charge in [-0.1, -0.05) is 20.3 Å². The van der Waals surface area contributed by atoms with Crippen molar-refractivity contribution in [3.8, 4) is 0 Å². The van der Waals surface area contributed by atoms with Gasteiger partial charge in [0.1, 0.15) is 18.1 Å². The predicted octanol–water partition coefficient (Wildman–Crippen LogP) is -0.253. The van der Waals surface area contributed by atoms with Crippen molar-refractivity contribution >= 4 is 35.5 Å². The normalized spacial score (nSPS) is 15.2. The molecule has 0 saturated carbocycles. The second-order valence-corrected chi connectivity index (χ2v) is 9.77. The smallest absolute Gasteiger partial charge is 0.326 e. The summed E-state index contributed by atoms with van der Waals surface area (Å²) in [5, 5.41) is 17.5. The van der Waals surface area contributed by atoms with Gasteiger partial charge in [-0.2, -0.15) is 11.8 Å². The molecule has 3 amide bonds. The second-order valence-electron chi connectivity index (χ2n) is 8.79. The molecule has 0 spiro atoms. The fourth-order valence-corrected chi connectivity index (χ4v) is 3.95. The fourth-order valence-electron chi connectivity index (χ4n) is 3.48. The van der Waals surface area contributed by atoms with Gasteiger partial charge in [0.25, 0.3) is 0 Å². The molecule has 12 nitrogen and oxygen atoms in total. The van der Waals surface area contributed by atoms with E-state index in [2.05, 4.69) is 25.9 Å². The van der Waals surface area contributed by atoms with Crippen molar-refractivity contribution in [3.63, 3.8) is 0 Å². The summed E-state index contributed by atoms with van der Waals surface area (Å²) in [7, 11) is 0. The highest BCUT2D eigenvalue weighted by Gasteiger charge is 2.31. The number of aromatic amines is 1. The third-order valence-corrected chi connectivity index (χ3v) is 6.58. The number of amides is 3. The first-order chi connectivity index (χ1) is 17.1. The Morgan fingerprint density at radius 1 is 1.08 bits per heavy atom. The van der Waals surface area contributed by atoms with Crippen LogP contribution in [0.4, 0.5) is 0 Å². The molecule has 0 aliphatic rings. The van der Waals surface area contributed by atoms with Gasteiger partial charge in [-0.15, -0.1) is 0 Å². The number of hydrogen-bond acceptors (Lipinski definition) is 8. The zero-order chi connectivity index (χ0) is 27.1. The molecule has 1 heterocycles. The first-order valence-electron chi connectivity index (χ1n) is 12.2. The molecule has 9 N–H and O–H groups in total. The van der Waals surface area contributed by atoms with Crippen LogP contribution in [-0.4, -0.2) is 81.5 Å². The topological polar surface area (TPSA) is 205 Å². The quantitative estimate of drug-likeness (QED) is 0.125. The summed E-state index contributed by atoms with van der Waals surface area (Å²) in [5.41, 5.74) is 12.3. The minimum absolute atomic E-state index is 0.216. The number of carbonyl (C=O) groups is 4. The van der Waals surface area contributed by atoms with Crippen molar-refractivity contribution in [1.82, 2.24) is 25.9 Å². The number of carbonyl (C=O) groups excluding carboxylic acids is 3. The molecule has 0 fully saturated rings. The third kappa shape index (κ3) is 11.0. The lowest BCUT2D eigenvalue weighted by molar-refractivity contribution is -0.143. The standard InChI is InChI=1S/C23H41N7O5S/c1-4-14(2)19(23(34)35)30-22(33)18(8-10-36-3)29-21(32)17(7-5-6-9-24)28-20(31)16(25)11-15-12-26-13-27-15/h12-14,16-19H,4-11,24-25H2,1-3H3,(H,26,27)(H,28,31)(H,29,32)(H,30,33)(H,34,35). The summed E-state index contributed by atoms with van der Waals surface area (Å²) in [5.74, 6) is -2.48. The molecule has 36 heavy (non-hydrogen) atoms. The number of hydrogen-bond donors (Lipinski definition) is 7. The average molecular weight is 528 g/mol. The Morgan fingerprint density at radius 2 is 1.72 bits per heavy atom. The average Bonchev–Trinajstić information content (AvgIpc) is 3.36. The molecule has 1 rings (SSSR count). The SMILES string of the molecule is CCC(C)C(NC(=O)C(CCSC)NC(=O)C(CCCCN)NC(=O)C(N)Cc1cnc[nH]1)C(=O)O. The molecule has 0 bridgehead atoms. The Morgan fingerprint density at radius 3 is 2.28 bits per heavy atom. The number of carboxylic acid groups (broad SMARTS) is 1. The molecular weight excluding hydrogens is 486 g/mol. The maximum atomic E-state index is 13.2. The molecule has 0 radical (unpaired) electrons. The Kier molecular flexibility index (Phi) is 14.8. The van der Waals surface area contributed by atoms with Crippen LogP contribution in [-0.2, 0) is 25.6 Å². The lowest BCUT2D eigenvalue weighted by atomic mass is 9.98. The molecule has 13 heteroatoms. The Hall–Kier alpha value is -2.64. The second kappa shape index (κ2) is 16.9. The van der Waals surface area contributed by atoms with Crippen LogP contribution in [0, 0.1) is 5.92 Å². The van der Waals surface area contributed by atoms with Crippen LogP contribution in [0.3, 0.4) is 0 Å². The molecule has 1 aromatic rings. The van der Waals surface area contributed by atoms with Crippen LogP contribution >= 0.6 is 11.8 Å². The Balaban J connectivity index is 2.94. The largest absolute Gasteiger partial charge is 0.480 e. The number of aliphatic carboxylic acids is 1. The van der Waals surface area contributed by atoms with E-state index >= 15 is 0 Å². The molecule has 1 aromatic heterocycles. The molecule has 0 aromatic carbocycles. The van der Waals surface area contributed by atoms with E-state index in [0.29, 0.717) is 50.1 Å². The summed E-state index contributed by atoms with van der Waals surface area (Å²) >= 11 is 1.50. The van der Waals surface area contributed by atoms with Gasteiger partial charge in [0.2, 0.25) is 17.7 Å². The number of aromatic nitrogens is 2. The number of thioether (sulfide) groups is 1. The molecule has 0 saturated heterocycles. The maximum Gasteiger partial charge on any atom is 0.326 e. The molecule has 204 valence electrons. The first-order valence-corrected chi connectivity index (χ1v) is 13.6. The van der Waals surface area contributed by atoms with Crippen molar-refractivity contribution in [2.75, 3.05) is 18.6 Å². The van der Waals surface area contributed by atoms with Gasteiger partial charge in [-0.25, -0.2) is 9.78 Å². The van der Waals surface area contributed by atoms with E-state index in [1.54, 1.807) is 13.1 Å². The lowest BCUT2D eigenvalue weighted by Gasteiger charge is -2.26. The van der Waals surface area contributed by atoms with Gasteiger partial charge < -0.3 is 37.5 Å². The van der Waals surface area contributed by atoms with Crippen molar-refractivity contribution in [3.05, 3.63) is 18.2 Å². The van der Waals surface area contributed by atoms with E-state index < -0.39 is 47.9 Å². The highest BCUT2D eigenvalue weighted by Crippen LogP contribution is 2.10. The first kappa shape index (κ1) is 31.4. The van der Waals surface area contributed by atoms with Crippen LogP contribution in [0.15, 0.2) is 12.5 Å². The number of nitrogens with zero attached hydrogens (tertiary/aromatic N) is 1. The summed E-state index contributed by atoms with van der Waals surface area (Å²) in [6, 6.07) is -3.86. The maximum absolute atomic E-state index is 13.2. The van der Waals surface area contributed by atoms with Crippen molar-refractivity contribution < 1.29 is 24.3 Å². The van der Waals surface area contributed by atoms with Crippen molar-refractivity contribution in [2.45, 2.75) is 76.5 Å². The van der Waals surface area contributed by atoms with E-state index in [4.69, 9.17) is 11.5 Å². The Bertz CT molecular complexity index is 824. The summed E-state index contributed by atoms with van der Waals surface area (Å²) in [6.45, 7) is 4.02. The van der Waals surface area contributed by atoms with Crippen LogP contribution < -0.4 is 27.4 Å². The van der Waals surface area contributed by atoms with Gasteiger partial charge in [-0.3, -0.25) is 14.4 Å². The highest BCUT2D eigenvalue weighted by molar-refractivity contribution is 7.98. The minimum Gasteiger partial charge on any atom is -0.480 e. The number of unbranched alkanes of at least 4 members (excludes halogenated alkanes) is 1. The Labute approximate surface area is 216 Å². The molecule has 5 atom stereocenters. The van der Waals surface area contributed by atoms with Crippen LogP contribution in [0.1, 0.15) is 51.6 Å². The zero-order valence-corrected chi connectivity index (χ0v) is 22.1. The minimum atomic E-state index is -1.13. The zero-order valence-electron chi connectivity index (χ0n) is 21.3. The number of nitrogens with two attached hydrogens (primary N) is 2. The number of carboxylic acids is 1. The molecular formula is C23H41N7O5S. The van der Waals surface area contributed by atoms with E-state index in [1.165, 1.54) is 18.1 Å². The van der Waals surface area contributed by atoms with E-state index in [1.807, 2.05) is 13.2 Å². The van der Waals surface area contributed by atoms with Gasteiger partial charge in [0.05, 0.1) is 12.4 Å². The molecule has 5 unspecified atom stereocenters. The van der Waals surface area contributed by atoms with Crippen molar-refractivity contribution in [1.29, 1.82) is 0 Å². The number of H-pyrrole nitrogens is 1. The van der Waals surface area contributed by atoms with Crippen molar-refractivity contribution in [2.24, 2.45) is 17.4 Å². The third-order valence-electron chi connectivity index (χ3n) is 5.93. The summed E-state index contributed by atoms with van der Waals surface area (Å²) in [6.07, 6.45) is 7.55. The van der Waals surface area contributed by atoms with Gasteiger partial charge in [0.15, 0.2) is 0 Å². The van der Waals surface area contributed by atoms with Gasteiger partial charge >= 0.3 is 5.97 Å². The lowest BCUT2D eigenvalue weighted by Crippen LogP contribution is -2.58. The van der Waals surface area contributed by atoms with E-state index in [-0.39, 0.29) is 12.3 Å². The van der Waals surface area contributed by atoms with E-state index in [9.17, 15) is 24.3 Å². The molecule has 0 aliphatic carbocycles. The van der Waals surface area contributed by atoms with Crippen LogP contribution in [0.25, 0.3) is 0 Å².